The maximum atomic E-state index is 10.6. The van der Waals surface area contributed by atoms with Gasteiger partial charge in [-0.15, -0.1) is 0 Å². The van der Waals surface area contributed by atoms with Crippen LogP contribution in [-0.4, -0.2) is 24.3 Å². The molecule has 0 bridgehead atoms. The predicted octanol–water partition coefficient (Wildman–Crippen LogP) is -0.326. The van der Waals surface area contributed by atoms with Crippen LogP contribution in [0.5, 0.6) is 0 Å². The fourth-order valence-electron chi connectivity index (χ4n) is 0.527. The first-order valence-electron chi connectivity index (χ1n) is 2.46. The zero-order valence-corrected chi connectivity index (χ0v) is 4.57. The highest BCUT2D eigenvalue weighted by atomic mass is 16.1. The Morgan fingerprint density at radius 2 is 2.44 bits per heavy atom. The lowest BCUT2D eigenvalue weighted by Crippen LogP contribution is -2.19. The van der Waals surface area contributed by atoms with Gasteiger partial charge in [-0.05, 0) is 12.2 Å². The minimum atomic E-state index is -0.907. The number of dihydropyridines is 1. The number of carbonyl (C=O) groups is 1. The van der Waals surface area contributed by atoms with E-state index in [1.165, 1.54) is 24.7 Å². The van der Waals surface area contributed by atoms with E-state index in [1.807, 2.05) is 0 Å². The molecule has 1 unspecified atom stereocenters. The Bertz CT molecular complexity index is 193. The first kappa shape index (κ1) is 5.88. The molecule has 0 aromatic rings. The van der Waals surface area contributed by atoms with Crippen LogP contribution < -0.4 is 0 Å². The van der Waals surface area contributed by atoms with Gasteiger partial charge in [0.2, 0.25) is 6.29 Å². The zero-order chi connectivity index (χ0) is 6.69. The summed E-state index contributed by atoms with van der Waals surface area (Å²) in [5.74, 6) is -0.299. The average Bonchev–Trinajstić information content (AvgIpc) is 1.89. The summed E-state index contributed by atoms with van der Waals surface area (Å²) < 4.78 is 0. The fourth-order valence-corrected chi connectivity index (χ4v) is 0.527. The standard InChI is InChI=1S/C6H4NO2/c8-4-5-6(9)2-1-3-7-5/h1-3,5H. The SMILES string of the molecule is O=[C]C1N=CC=CC1=O. The summed E-state index contributed by atoms with van der Waals surface area (Å²) in [6.45, 7) is 0. The highest BCUT2D eigenvalue weighted by Gasteiger charge is 2.14. The van der Waals surface area contributed by atoms with Crippen molar-refractivity contribution < 1.29 is 9.59 Å². The largest absolute Gasteiger partial charge is 0.292 e. The van der Waals surface area contributed by atoms with Crippen LogP contribution in [0.2, 0.25) is 0 Å². The van der Waals surface area contributed by atoms with Gasteiger partial charge in [-0.2, -0.15) is 0 Å². The Kier molecular flexibility index (Phi) is 1.53. The maximum Gasteiger partial charge on any atom is 0.233 e. The molecule has 0 saturated heterocycles. The third-order valence-corrected chi connectivity index (χ3v) is 0.963. The van der Waals surface area contributed by atoms with Crippen LogP contribution >= 0.6 is 0 Å². The van der Waals surface area contributed by atoms with Crippen molar-refractivity contribution in [3.63, 3.8) is 0 Å². The van der Waals surface area contributed by atoms with E-state index >= 15 is 0 Å². The van der Waals surface area contributed by atoms with Crippen LogP contribution in [-0.2, 0) is 9.59 Å². The van der Waals surface area contributed by atoms with Crippen LogP contribution in [0.4, 0.5) is 0 Å². The van der Waals surface area contributed by atoms with Crippen LogP contribution in [0.1, 0.15) is 0 Å². The average molecular weight is 122 g/mol. The van der Waals surface area contributed by atoms with Crippen molar-refractivity contribution in [3.8, 4) is 0 Å². The minimum absolute atomic E-state index is 0.299. The number of ketones is 1. The number of rotatable bonds is 1. The lowest BCUT2D eigenvalue weighted by atomic mass is 10.2. The fraction of sp³-hybridized carbons (Fsp3) is 0.167. The van der Waals surface area contributed by atoms with Gasteiger partial charge >= 0.3 is 0 Å². The molecule has 1 rings (SSSR count). The van der Waals surface area contributed by atoms with Gasteiger partial charge in [0.05, 0.1) is 0 Å². The summed E-state index contributed by atoms with van der Waals surface area (Å²) in [5, 5.41) is 0. The summed E-state index contributed by atoms with van der Waals surface area (Å²) >= 11 is 0. The summed E-state index contributed by atoms with van der Waals surface area (Å²) in [6.07, 6.45) is 5.72. The molecule has 45 valence electrons. The Morgan fingerprint density at radius 3 is 2.89 bits per heavy atom. The molecule has 1 atom stereocenters. The molecule has 9 heavy (non-hydrogen) atoms. The Morgan fingerprint density at radius 1 is 1.67 bits per heavy atom. The van der Waals surface area contributed by atoms with E-state index in [2.05, 4.69) is 4.99 Å². The van der Waals surface area contributed by atoms with Crippen molar-refractivity contribution in [1.29, 1.82) is 0 Å². The Labute approximate surface area is 52.1 Å². The van der Waals surface area contributed by atoms with Crippen molar-refractivity contribution in [1.82, 2.24) is 0 Å². The van der Waals surface area contributed by atoms with E-state index in [4.69, 9.17) is 0 Å². The summed E-state index contributed by atoms with van der Waals surface area (Å²) in [7, 11) is 0. The molecule has 0 saturated carbocycles. The van der Waals surface area contributed by atoms with Crippen LogP contribution in [0.25, 0.3) is 0 Å². The number of allylic oxidation sites excluding steroid dienone is 1. The van der Waals surface area contributed by atoms with E-state index < -0.39 is 6.04 Å². The third-order valence-electron chi connectivity index (χ3n) is 0.963. The third kappa shape index (κ3) is 1.10. The lowest BCUT2D eigenvalue weighted by Gasteiger charge is -1.99. The van der Waals surface area contributed by atoms with Crippen molar-refractivity contribution in [2.45, 2.75) is 6.04 Å². The van der Waals surface area contributed by atoms with Gasteiger partial charge in [0, 0.05) is 6.21 Å². The van der Waals surface area contributed by atoms with E-state index in [-0.39, 0.29) is 5.78 Å². The monoisotopic (exact) mass is 122 g/mol. The molecule has 3 nitrogen and oxygen atoms in total. The van der Waals surface area contributed by atoms with Crippen molar-refractivity contribution in [2.24, 2.45) is 4.99 Å². The first-order valence-corrected chi connectivity index (χ1v) is 2.46. The molecule has 1 aliphatic rings. The van der Waals surface area contributed by atoms with Crippen molar-refractivity contribution >= 4 is 18.3 Å². The maximum absolute atomic E-state index is 10.6. The van der Waals surface area contributed by atoms with Crippen molar-refractivity contribution in [2.75, 3.05) is 0 Å². The number of aliphatic imine (C=N–C) groups is 1. The van der Waals surface area contributed by atoms with E-state index in [0.29, 0.717) is 0 Å². The topological polar surface area (TPSA) is 46.5 Å². The molecule has 0 N–H and O–H groups in total. The second kappa shape index (κ2) is 2.35. The molecule has 1 radical (unpaired) electrons. The summed E-state index contributed by atoms with van der Waals surface area (Å²) in [4.78, 5) is 24.0. The quantitative estimate of drug-likeness (QED) is 0.447. The smallest absolute Gasteiger partial charge is 0.233 e. The van der Waals surface area contributed by atoms with Crippen LogP contribution in [0, 0.1) is 0 Å². The highest BCUT2D eigenvalue weighted by molar-refractivity contribution is 6.09. The second-order valence-corrected chi connectivity index (χ2v) is 1.58. The first-order chi connectivity index (χ1) is 4.34. The summed E-state index contributed by atoms with van der Waals surface area (Å²) in [5.41, 5.74) is 0. The molecule has 0 aliphatic carbocycles. The predicted molar refractivity (Wildman–Crippen MR) is 32.1 cm³/mol. The Hall–Kier alpha value is -1.25. The minimum Gasteiger partial charge on any atom is -0.292 e. The van der Waals surface area contributed by atoms with Gasteiger partial charge in [0.15, 0.2) is 11.8 Å². The molecule has 0 aromatic heterocycles. The van der Waals surface area contributed by atoms with Crippen LogP contribution in [0.3, 0.4) is 0 Å². The van der Waals surface area contributed by atoms with Gasteiger partial charge < -0.3 is 0 Å². The van der Waals surface area contributed by atoms with Crippen molar-refractivity contribution in [3.05, 3.63) is 12.2 Å². The van der Waals surface area contributed by atoms with Gasteiger partial charge in [-0.3, -0.25) is 14.6 Å². The number of hydrogen-bond donors (Lipinski definition) is 0. The number of nitrogens with zero attached hydrogens (tertiary/aromatic N) is 1. The molecule has 0 spiro atoms. The van der Waals surface area contributed by atoms with Crippen LogP contribution in [0.15, 0.2) is 17.1 Å². The van der Waals surface area contributed by atoms with E-state index in [1.54, 1.807) is 0 Å². The Balaban J connectivity index is 2.77. The van der Waals surface area contributed by atoms with E-state index in [0.717, 1.165) is 0 Å². The van der Waals surface area contributed by atoms with Gasteiger partial charge in [-0.1, -0.05) is 0 Å². The second-order valence-electron chi connectivity index (χ2n) is 1.58. The molecular formula is C6H4NO2. The molecule has 1 heterocycles. The van der Waals surface area contributed by atoms with Gasteiger partial charge in [-0.25, -0.2) is 0 Å². The van der Waals surface area contributed by atoms with Gasteiger partial charge in [0.25, 0.3) is 0 Å². The molecule has 3 heteroatoms. The number of carbonyl (C=O) groups excluding carboxylic acids is 2. The molecule has 0 aromatic carbocycles. The van der Waals surface area contributed by atoms with E-state index in [9.17, 15) is 9.59 Å². The molecule has 0 amide bonds. The normalized spacial score (nSPS) is 24.4. The number of hydrogen-bond acceptors (Lipinski definition) is 3. The molecule has 1 aliphatic heterocycles. The lowest BCUT2D eigenvalue weighted by molar-refractivity contribution is -0.114. The highest BCUT2D eigenvalue weighted by Crippen LogP contribution is 1.94. The molecular weight excluding hydrogens is 118 g/mol. The van der Waals surface area contributed by atoms with Gasteiger partial charge in [0.1, 0.15) is 0 Å². The zero-order valence-electron chi connectivity index (χ0n) is 4.57. The summed E-state index contributed by atoms with van der Waals surface area (Å²) in [6, 6.07) is -0.907. The molecule has 0 fully saturated rings.